The summed E-state index contributed by atoms with van der Waals surface area (Å²) in [6, 6.07) is 0. The molecule has 0 bridgehead atoms. The summed E-state index contributed by atoms with van der Waals surface area (Å²) >= 11 is 4.43. The lowest BCUT2D eigenvalue weighted by molar-refractivity contribution is 0.106. The molecule has 0 fully saturated rings. The van der Waals surface area contributed by atoms with Crippen LogP contribution in [0.1, 0.15) is 13.8 Å². The third-order valence-electron chi connectivity index (χ3n) is 1.89. The smallest absolute Gasteiger partial charge is 0.132 e. The van der Waals surface area contributed by atoms with Crippen molar-refractivity contribution in [2.75, 3.05) is 0 Å². The number of hydrogen-bond acceptors (Lipinski definition) is 2. The molecule has 13 heavy (non-hydrogen) atoms. The Bertz CT molecular complexity index is 286. The Labute approximate surface area is 105 Å². The van der Waals surface area contributed by atoms with Gasteiger partial charge in [0, 0.05) is 0 Å². The highest BCUT2D eigenvalue weighted by atomic mass is 127. The Balaban J connectivity index is 2.69. The molecule has 1 heterocycles. The van der Waals surface area contributed by atoms with E-state index < -0.39 is 0 Å². The molecule has 0 aliphatic rings. The Morgan fingerprint density at radius 3 is 2.54 bits per heavy atom. The highest BCUT2D eigenvalue weighted by Crippen LogP contribution is 2.14. The minimum atomic E-state index is -0.293. The first kappa shape index (κ1) is 11.7. The van der Waals surface area contributed by atoms with Crippen molar-refractivity contribution in [3.8, 4) is 0 Å². The van der Waals surface area contributed by atoms with Crippen molar-refractivity contribution >= 4 is 45.2 Å². The van der Waals surface area contributed by atoms with E-state index in [0.717, 1.165) is 7.40 Å². The third kappa shape index (κ3) is 3.05. The Kier molecular flexibility index (Phi) is 4.43. The Morgan fingerprint density at radius 2 is 2.15 bits per heavy atom. The maximum atomic E-state index is 9.66. The fourth-order valence-electron chi connectivity index (χ4n) is 0.882. The number of aliphatic hydroxyl groups excluding tert-OH is 1. The summed E-state index contributed by atoms with van der Waals surface area (Å²) < 4.78 is 4.07. The molecule has 0 spiro atoms. The molecule has 0 radical (unpaired) electrons. The van der Waals surface area contributed by atoms with Crippen molar-refractivity contribution < 1.29 is 5.11 Å². The lowest BCUT2D eigenvalue weighted by Crippen LogP contribution is -2.22. The van der Waals surface area contributed by atoms with Crippen LogP contribution in [0, 0.1) is 13.3 Å². The normalized spacial score (nSPS) is 13.7. The number of hydrogen-bond donors (Lipinski definition) is 1. The van der Waals surface area contributed by atoms with Gasteiger partial charge in [0.15, 0.2) is 0 Å². The van der Waals surface area contributed by atoms with E-state index >= 15 is 0 Å². The summed E-state index contributed by atoms with van der Waals surface area (Å²) in [5.74, 6) is 0.288. The third-order valence-corrected chi connectivity index (χ3v) is 4.84. The second-order valence-corrected chi connectivity index (χ2v) is 5.33. The molecular weight excluding hydrogens is 394 g/mol. The second kappa shape index (κ2) is 4.92. The van der Waals surface area contributed by atoms with Gasteiger partial charge in [-0.3, -0.25) is 0 Å². The zero-order valence-electron chi connectivity index (χ0n) is 7.54. The van der Waals surface area contributed by atoms with Crippen molar-refractivity contribution in [3.63, 3.8) is 0 Å². The van der Waals surface area contributed by atoms with Gasteiger partial charge in [-0.15, -0.1) is 0 Å². The van der Waals surface area contributed by atoms with Gasteiger partial charge in [-0.25, -0.2) is 4.98 Å². The van der Waals surface area contributed by atoms with Crippen LogP contribution in [0.25, 0.3) is 0 Å². The minimum Gasteiger partial charge on any atom is -0.391 e. The summed E-state index contributed by atoms with van der Waals surface area (Å²) in [6.45, 7) is 4.66. The number of rotatable bonds is 3. The average molecular weight is 406 g/mol. The van der Waals surface area contributed by atoms with Crippen molar-refractivity contribution in [1.82, 2.24) is 9.55 Å². The Morgan fingerprint density at radius 1 is 1.54 bits per heavy atom. The molecule has 1 atom stereocenters. The summed E-state index contributed by atoms with van der Waals surface area (Å²) in [5.41, 5.74) is 0. The monoisotopic (exact) mass is 406 g/mol. The SMILES string of the molecule is CC(C)C(O)Cn1cnc(I)c1I. The topological polar surface area (TPSA) is 38.0 Å². The second-order valence-electron chi connectivity index (χ2n) is 3.29. The quantitative estimate of drug-likeness (QED) is 0.782. The van der Waals surface area contributed by atoms with E-state index in [0.29, 0.717) is 6.54 Å². The van der Waals surface area contributed by atoms with Crippen LogP contribution in [-0.2, 0) is 6.54 Å². The first-order valence-electron chi connectivity index (χ1n) is 4.06. The molecule has 5 heteroatoms. The van der Waals surface area contributed by atoms with Crippen LogP contribution in [0.5, 0.6) is 0 Å². The summed E-state index contributed by atoms with van der Waals surface area (Å²) in [6.07, 6.45) is 1.48. The fraction of sp³-hybridized carbons (Fsp3) is 0.625. The van der Waals surface area contributed by atoms with Gasteiger partial charge in [0.05, 0.1) is 19.0 Å². The first-order valence-corrected chi connectivity index (χ1v) is 6.22. The Hall–Kier alpha value is 0.630. The van der Waals surface area contributed by atoms with Crippen LogP contribution in [0.3, 0.4) is 0 Å². The molecule has 0 aromatic carbocycles. The molecule has 1 N–H and O–H groups in total. The van der Waals surface area contributed by atoms with Gasteiger partial charge >= 0.3 is 0 Å². The molecule has 0 aliphatic heterocycles. The molecule has 0 aliphatic carbocycles. The van der Waals surface area contributed by atoms with Crippen molar-refractivity contribution in [3.05, 3.63) is 13.7 Å². The number of nitrogens with zero attached hydrogens (tertiary/aromatic N) is 2. The van der Waals surface area contributed by atoms with Crippen molar-refractivity contribution in [2.45, 2.75) is 26.5 Å². The molecule has 1 rings (SSSR count). The molecule has 0 amide bonds. The molecule has 1 aromatic rings. The van der Waals surface area contributed by atoms with E-state index in [9.17, 15) is 5.11 Å². The first-order chi connectivity index (χ1) is 6.02. The van der Waals surface area contributed by atoms with E-state index in [1.165, 1.54) is 0 Å². The molecular formula is C8H12I2N2O. The maximum Gasteiger partial charge on any atom is 0.132 e. The van der Waals surface area contributed by atoms with Crippen LogP contribution in [0.15, 0.2) is 6.33 Å². The highest BCUT2D eigenvalue weighted by molar-refractivity contribution is 14.1. The minimum absolute atomic E-state index is 0.288. The van der Waals surface area contributed by atoms with Gasteiger partial charge < -0.3 is 9.67 Å². The van der Waals surface area contributed by atoms with Gasteiger partial charge in [-0.1, -0.05) is 13.8 Å². The largest absolute Gasteiger partial charge is 0.391 e. The molecule has 0 saturated heterocycles. The van der Waals surface area contributed by atoms with E-state index in [2.05, 4.69) is 50.2 Å². The number of aromatic nitrogens is 2. The van der Waals surface area contributed by atoms with E-state index in [4.69, 9.17) is 0 Å². The van der Waals surface area contributed by atoms with Crippen LogP contribution in [-0.4, -0.2) is 20.8 Å². The van der Waals surface area contributed by atoms with E-state index in [1.807, 2.05) is 18.4 Å². The van der Waals surface area contributed by atoms with Gasteiger partial charge in [-0.2, -0.15) is 0 Å². The summed E-state index contributed by atoms with van der Waals surface area (Å²) in [4.78, 5) is 4.16. The van der Waals surface area contributed by atoms with Crippen molar-refractivity contribution in [2.24, 2.45) is 5.92 Å². The average Bonchev–Trinajstić information content (AvgIpc) is 2.36. The predicted molar refractivity (Wildman–Crippen MR) is 68.5 cm³/mol. The lowest BCUT2D eigenvalue weighted by atomic mass is 10.1. The molecule has 3 nitrogen and oxygen atoms in total. The zero-order valence-corrected chi connectivity index (χ0v) is 11.9. The molecule has 74 valence electrons. The maximum absolute atomic E-state index is 9.66. The predicted octanol–water partition coefficient (Wildman–Crippen LogP) is 2.11. The molecule has 1 aromatic heterocycles. The number of halogens is 2. The van der Waals surface area contributed by atoms with Crippen LogP contribution in [0.4, 0.5) is 0 Å². The van der Waals surface area contributed by atoms with Crippen LogP contribution < -0.4 is 0 Å². The van der Waals surface area contributed by atoms with Crippen molar-refractivity contribution in [1.29, 1.82) is 0 Å². The van der Waals surface area contributed by atoms with E-state index in [1.54, 1.807) is 6.33 Å². The number of aliphatic hydroxyl groups is 1. The van der Waals surface area contributed by atoms with Crippen LogP contribution >= 0.6 is 45.2 Å². The summed E-state index contributed by atoms with van der Waals surface area (Å²) in [7, 11) is 0. The van der Waals surface area contributed by atoms with Gasteiger partial charge in [-0.05, 0) is 51.1 Å². The molecule has 0 saturated carbocycles. The van der Waals surface area contributed by atoms with Gasteiger partial charge in [0.2, 0.25) is 0 Å². The standard InChI is InChI=1S/C8H12I2N2O/c1-5(2)6(13)3-12-4-11-7(9)8(12)10/h4-6,13H,3H2,1-2H3. The fourth-order valence-corrected chi connectivity index (χ4v) is 1.78. The zero-order chi connectivity index (χ0) is 10.0. The van der Waals surface area contributed by atoms with Crippen LogP contribution in [0.2, 0.25) is 0 Å². The van der Waals surface area contributed by atoms with E-state index in [-0.39, 0.29) is 12.0 Å². The molecule has 1 unspecified atom stereocenters. The number of imidazole rings is 1. The lowest BCUT2D eigenvalue weighted by Gasteiger charge is -2.15. The summed E-state index contributed by atoms with van der Waals surface area (Å²) in [5, 5.41) is 9.66. The highest BCUT2D eigenvalue weighted by Gasteiger charge is 2.12. The van der Waals surface area contributed by atoms with Gasteiger partial charge in [0.1, 0.15) is 7.40 Å². The van der Waals surface area contributed by atoms with Gasteiger partial charge in [0.25, 0.3) is 0 Å².